The zero-order valence-corrected chi connectivity index (χ0v) is 10.9. The van der Waals surface area contributed by atoms with Gasteiger partial charge in [0, 0.05) is 23.3 Å². The number of aliphatic hydroxyl groups is 2. The van der Waals surface area contributed by atoms with Crippen molar-refractivity contribution in [3.05, 3.63) is 33.0 Å². The lowest BCUT2D eigenvalue weighted by Gasteiger charge is -2.28. The largest absolute Gasteiger partial charge is 0.538 e. The predicted molar refractivity (Wildman–Crippen MR) is 65.0 cm³/mol. The van der Waals surface area contributed by atoms with Crippen molar-refractivity contribution in [1.29, 1.82) is 0 Å². The molecule has 96 valence electrons. The lowest BCUT2D eigenvalue weighted by atomic mass is 10.4. The first-order chi connectivity index (χ1) is 7.89. The average molecular weight is 299 g/mol. The SMILES string of the molecule is O=S(=O)([N-]C(CO)CO)c1cc(Cl)cc(Cl)c1. The molecule has 0 aliphatic rings. The average Bonchev–Trinajstić information content (AvgIpc) is 2.24. The van der Waals surface area contributed by atoms with Gasteiger partial charge in [-0.1, -0.05) is 29.2 Å². The molecule has 1 rings (SSSR count). The number of sulfonamides is 1. The van der Waals surface area contributed by atoms with Crippen LogP contribution in [0.15, 0.2) is 23.1 Å². The first-order valence-corrected chi connectivity index (χ1v) is 6.73. The Balaban J connectivity index is 3.04. The molecule has 8 heteroatoms. The van der Waals surface area contributed by atoms with E-state index in [0.717, 1.165) is 0 Å². The summed E-state index contributed by atoms with van der Waals surface area (Å²) in [4.78, 5) is -0.179. The summed E-state index contributed by atoms with van der Waals surface area (Å²) in [6.45, 7) is -1.13. The van der Waals surface area contributed by atoms with Crippen LogP contribution in [-0.4, -0.2) is 37.9 Å². The maximum atomic E-state index is 11.8. The molecule has 0 unspecified atom stereocenters. The van der Waals surface area contributed by atoms with Crippen LogP contribution in [0.2, 0.25) is 10.0 Å². The second kappa shape index (κ2) is 5.99. The van der Waals surface area contributed by atoms with E-state index in [9.17, 15) is 8.42 Å². The second-order valence-electron chi connectivity index (χ2n) is 3.20. The molecule has 0 atom stereocenters. The summed E-state index contributed by atoms with van der Waals surface area (Å²) in [6.07, 6.45) is 0. The van der Waals surface area contributed by atoms with Crippen LogP contribution in [0, 0.1) is 0 Å². The fraction of sp³-hybridized carbons (Fsp3) is 0.333. The number of benzene rings is 1. The van der Waals surface area contributed by atoms with Crippen molar-refractivity contribution in [1.82, 2.24) is 0 Å². The van der Waals surface area contributed by atoms with Crippen LogP contribution in [0.4, 0.5) is 0 Å². The van der Waals surface area contributed by atoms with Gasteiger partial charge in [-0.15, -0.1) is 0 Å². The van der Waals surface area contributed by atoms with Crippen molar-refractivity contribution >= 4 is 33.2 Å². The first-order valence-electron chi connectivity index (χ1n) is 4.54. The topological polar surface area (TPSA) is 88.7 Å². The quantitative estimate of drug-likeness (QED) is 0.860. The van der Waals surface area contributed by atoms with Gasteiger partial charge in [-0.3, -0.25) is 0 Å². The maximum absolute atomic E-state index is 11.8. The van der Waals surface area contributed by atoms with Gasteiger partial charge in [-0.2, -0.15) is 0 Å². The summed E-state index contributed by atoms with van der Waals surface area (Å²) >= 11 is 11.3. The van der Waals surface area contributed by atoms with Gasteiger partial charge in [0.15, 0.2) is 0 Å². The van der Waals surface area contributed by atoms with E-state index < -0.39 is 29.3 Å². The van der Waals surface area contributed by atoms with Crippen LogP contribution >= 0.6 is 23.2 Å². The van der Waals surface area contributed by atoms with Gasteiger partial charge < -0.3 is 14.9 Å². The van der Waals surface area contributed by atoms with Crippen molar-refractivity contribution < 1.29 is 18.6 Å². The summed E-state index contributed by atoms with van der Waals surface area (Å²) in [5.74, 6) is 0. The minimum atomic E-state index is -3.99. The Kier molecular flexibility index (Phi) is 5.18. The Morgan fingerprint density at radius 1 is 1.12 bits per heavy atom. The van der Waals surface area contributed by atoms with E-state index in [-0.39, 0.29) is 14.9 Å². The zero-order chi connectivity index (χ0) is 13.1. The Hall–Kier alpha value is -0.370. The van der Waals surface area contributed by atoms with E-state index in [1.807, 2.05) is 0 Å². The number of nitrogens with zero attached hydrogens (tertiary/aromatic N) is 1. The monoisotopic (exact) mass is 298 g/mol. The van der Waals surface area contributed by atoms with Crippen LogP contribution in [0.3, 0.4) is 0 Å². The third kappa shape index (κ3) is 4.09. The Morgan fingerprint density at radius 2 is 1.59 bits per heavy atom. The summed E-state index contributed by atoms with van der Waals surface area (Å²) in [6, 6.07) is 2.69. The molecule has 0 aliphatic carbocycles. The minimum Gasteiger partial charge on any atom is -0.538 e. The molecular formula is C9H10Cl2NO4S-. The number of halogens is 2. The van der Waals surface area contributed by atoms with E-state index in [1.165, 1.54) is 18.2 Å². The highest BCUT2D eigenvalue weighted by molar-refractivity contribution is 7.94. The lowest BCUT2D eigenvalue weighted by Crippen LogP contribution is -2.20. The molecule has 0 heterocycles. The van der Waals surface area contributed by atoms with Crippen LogP contribution in [-0.2, 0) is 10.0 Å². The van der Waals surface area contributed by atoms with Gasteiger partial charge in [0.25, 0.3) is 0 Å². The van der Waals surface area contributed by atoms with Crippen molar-refractivity contribution in [2.75, 3.05) is 13.2 Å². The summed E-state index contributed by atoms with van der Waals surface area (Å²) in [5.41, 5.74) is 0. The highest BCUT2D eigenvalue weighted by Crippen LogP contribution is 2.26. The van der Waals surface area contributed by atoms with Crippen LogP contribution in [0.1, 0.15) is 0 Å². The molecule has 2 N–H and O–H groups in total. The molecule has 0 fully saturated rings. The number of rotatable bonds is 5. The standard InChI is InChI=1S/C9H10Cl2NO4S/c10-6-1-7(11)3-9(2-6)17(15,16)12-8(4-13)5-14/h1-3,8,13-14H,4-5H2/q-1. The first kappa shape index (κ1) is 14.7. The molecule has 0 saturated carbocycles. The molecule has 0 aromatic heterocycles. The van der Waals surface area contributed by atoms with Crippen molar-refractivity contribution in [3.63, 3.8) is 0 Å². The van der Waals surface area contributed by atoms with E-state index in [2.05, 4.69) is 4.72 Å². The molecule has 0 bridgehead atoms. The van der Waals surface area contributed by atoms with E-state index in [0.29, 0.717) is 0 Å². The fourth-order valence-corrected chi connectivity index (χ4v) is 2.91. The third-order valence-electron chi connectivity index (χ3n) is 1.84. The van der Waals surface area contributed by atoms with Crippen LogP contribution < -0.4 is 0 Å². The Labute approximate surface area is 109 Å². The van der Waals surface area contributed by atoms with Gasteiger partial charge in [0.1, 0.15) is 10.0 Å². The maximum Gasteiger partial charge on any atom is 0.101 e. The van der Waals surface area contributed by atoms with Crippen molar-refractivity contribution in [3.8, 4) is 0 Å². The van der Waals surface area contributed by atoms with Crippen LogP contribution in [0.5, 0.6) is 0 Å². The third-order valence-corrected chi connectivity index (χ3v) is 3.69. The summed E-state index contributed by atoms with van der Waals surface area (Å²) in [7, 11) is -3.99. The number of hydrogen-bond acceptors (Lipinski definition) is 4. The molecule has 1 aromatic carbocycles. The lowest BCUT2D eigenvalue weighted by molar-refractivity contribution is 0.210. The fourth-order valence-electron chi connectivity index (χ4n) is 1.06. The molecular weight excluding hydrogens is 289 g/mol. The summed E-state index contributed by atoms with van der Waals surface area (Å²) < 4.78 is 26.9. The highest BCUT2D eigenvalue weighted by Gasteiger charge is 2.10. The smallest absolute Gasteiger partial charge is 0.101 e. The van der Waals surface area contributed by atoms with Crippen molar-refractivity contribution in [2.45, 2.75) is 10.9 Å². The molecule has 17 heavy (non-hydrogen) atoms. The van der Waals surface area contributed by atoms with Gasteiger partial charge in [0.05, 0.1) is 4.90 Å². The van der Waals surface area contributed by atoms with Gasteiger partial charge >= 0.3 is 0 Å². The Morgan fingerprint density at radius 3 is 2.00 bits per heavy atom. The molecule has 1 aromatic rings. The molecule has 5 nitrogen and oxygen atoms in total. The normalized spacial score (nSPS) is 12.1. The van der Waals surface area contributed by atoms with Crippen LogP contribution in [0.25, 0.3) is 4.72 Å². The molecule has 0 aliphatic heterocycles. The van der Waals surface area contributed by atoms with Gasteiger partial charge in [-0.25, -0.2) is 8.42 Å². The van der Waals surface area contributed by atoms with Gasteiger partial charge in [0.2, 0.25) is 0 Å². The molecule has 0 radical (unpaired) electrons. The number of aliphatic hydroxyl groups excluding tert-OH is 2. The second-order valence-corrected chi connectivity index (χ2v) is 5.71. The molecule has 0 spiro atoms. The minimum absolute atomic E-state index is 0.163. The van der Waals surface area contributed by atoms with E-state index in [1.54, 1.807) is 0 Å². The number of hydrogen-bond donors (Lipinski definition) is 2. The molecule has 0 saturated heterocycles. The predicted octanol–water partition coefficient (Wildman–Crippen LogP) is 1.41. The van der Waals surface area contributed by atoms with E-state index in [4.69, 9.17) is 33.4 Å². The summed E-state index contributed by atoms with van der Waals surface area (Å²) in [5, 5.41) is 17.9. The highest BCUT2D eigenvalue weighted by atomic mass is 35.5. The van der Waals surface area contributed by atoms with Crippen molar-refractivity contribution in [2.24, 2.45) is 0 Å². The molecule has 0 amide bonds. The zero-order valence-electron chi connectivity index (χ0n) is 8.55. The van der Waals surface area contributed by atoms with E-state index >= 15 is 0 Å². The Bertz CT molecular complexity index is 468. The van der Waals surface area contributed by atoms with Gasteiger partial charge in [-0.05, 0) is 18.2 Å².